The summed E-state index contributed by atoms with van der Waals surface area (Å²) in [7, 11) is 1.52. The average Bonchev–Trinajstić information content (AvgIpc) is 3.23. The zero-order valence-corrected chi connectivity index (χ0v) is 16.2. The lowest BCUT2D eigenvalue weighted by molar-refractivity contribution is -0.153. The van der Waals surface area contributed by atoms with Crippen LogP contribution in [0.4, 0.5) is 10.1 Å². The highest BCUT2D eigenvalue weighted by Crippen LogP contribution is 2.42. The van der Waals surface area contributed by atoms with Gasteiger partial charge in [0, 0.05) is 18.3 Å². The predicted molar refractivity (Wildman–Crippen MR) is 106 cm³/mol. The Morgan fingerprint density at radius 2 is 1.76 bits per heavy atom. The fraction of sp³-hybridized carbons (Fsp3) is 0.318. The lowest BCUT2D eigenvalue weighted by atomic mass is 9.79. The van der Waals surface area contributed by atoms with Crippen molar-refractivity contribution in [3.63, 3.8) is 0 Å². The monoisotopic (exact) mass is 398 g/mol. The van der Waals surface area contributed by atoms with Crippen molar-refractivity contribution in [2.24, 2.45) is 0 Å². The molecule has 3 rings (SSSR count). The van der Waals surface area contributed by atoms with E-state index in [1.807, 2.05) is 0 Å². The van der Waals surface area contributed by atoms with Gasteiger partial charge in [-0.25, -0.2) is 4.39 Å². The van der Waals surface area contributed by atoms with Crippen molar-refractivity contribution in [3.05, 3.63) is 65.5 Å². The molecule has 1 fully saturated rings. The maximum atomic E-state index is 13.3. The van der Waals surface area contributed by atoms with Gasteiger partial charge in [0.1, 0.15) is 5.82 Å². The van der Waals surface area contributed by atoms with Gasteiger partial charge in [0.15, 0.2) is 6.61 Å². The van der Waals surface area contributed by atoms with Crippen LogP contribution in [0.15, 0.2) is 48.5 Å². The lowest BCUT2D eigenvalue weighted by Crippen LogP contribution is -2.36. The van der Waals surface area contributed by atoms with Gasteiger partial charge in [0.05, 0.1) is 5.41 Å². The van der Waals surface area contributed by atoms with Crippen LogP contribution >= 0.6 is 0 Å². The van der Waals surface area contributed by atoms with Gasteiger partial charge < -0.3 is 15.4 Å². The van der Waals surface area contributed by atoms with Crippen LogP contribution in [0.3, 0.4) is 0 Å². The van der Waals surface area contributed by atoms with Crippen molar-refractivity contribution >= 4 is 23.5 Å². The first kappa shape index (κ1) is 20.5. The number of carbonyl (C=O) groups excluding carboxylic acids is 3. The van der Waals surface area contributed by atoms with Gasteiger partial charge in [-0.2, -0.15) is 0 Å². The molecule has 2 amide bonds. The molecule has 0 unspecified atom stereocenters. The molecule has 0 aromatic heterocycles. The number of esters is 1. The summed E-state index contributed by atoms with van der Waals surface area (Å²) in [6, 6.07) is 12.3. The minimum atomic E-state index is -0.840. The molecule has 2 aromatic carbocycles. The Labute approximate surface area is 168 Å². The highest BCUT2D eigenvalue weighted by Gasteiger charge is 2.44. The first-order valence-corrected chi connectivity index (χ1v) is 9.50. The summed E-state index contributed by atoms with van der Waals surface area (Å²) >= 11 is 0. The zero-order chi connectivity index (χ0) is 20.9. The molecule has 6 nitrogen and oxygen atoms in total. The number of amides is 2. The molecule has 0 atom stereocenters. The molecule has 0 radical (unpaired) electrons. The number of hydrogen-bond donors (Lipinski definition) is 2. The Hall–Kier alpha value is -3.22. The Bertz CT molecular complexity index is 905. The number of nitrogens with one attached hydrogen (secondary N) is 2. The van der Waals surface area contributed by atoms with Crippen LogP contribution in [0.2, 0.25) is 0 Å². The molecule has 0 spiro atoms. The van der Waals surface area contributed by atoms with Crippen LogP contribution in [-0.4, -0.2) is 31.4 Å². The highest BCUT2D eigenvalue weighted by molar-refractivity contribution is 5.97. The summed E-state index contributed by atoms with van der Waals surface area (Å²) in [5, 5.41) is 5.13. The van der Waals surface area contributed by atoms with Crippen molar-refractivity contribution in [2.45, 2.75) is 31.1 Å². The van der Waals surface area contributed by atoms with Gasteiger partial charge in [-0.1, -0.05) is 31.0 Å². The first-order chi connectivity index (χ1) is 13.9. The third kappa shape index (κ3) is 4.62. The Balaban J connectivity index is 1.64. The minimum Gasteiger partial charge on any atom is -0.455 e. The van der Waals surface area contributed by atoms with E-state index in [4.69, 9.17) is 4.74 Å². The molecule has 0 bridgehead atoms. The summed E-state index contributed by atoms with van der Waals surface area (Å²) in [4.78, 5) is 36.8. The molecular weight excluding hydrogens is 375 g/mol. The van der Waals surface area contributed by atoms with Gasteiger partial charge in [0.25, 0.3) is 11.8 Å². The van der Waals surface area contributed by atoms with Crippen LogP contribution in [-0.2, 0) is 19.7 Å². The second-order valence-corrected chi connectivity index (χ2v) is 7.08. The maximum Gasteiger partial charge on any atom is 0.317 e. The molecule has 0 heterocycles. The van der Waals surface area contributed by atoms with E-state index in [1.54, 1.807) is 30.3 Å². The smallest absolute Gasteiger partial charge is 0.317 e. The minimum absolute atomic E-state index is 0.269. The Kier molecular flexibility index (Phi) is 6.26. The van der Waals surface area contributed by atoms with Crippen molar-refractivity contribution < 1.29 is 23.5 Å². The predicted octanol–water partition coefficient (Wildman–Crippen LogP) is 3.18. The molecule has 29 heavy (non-hydrogen) atoms. The zero-order valence-electron chi connectivity index (χ0n) is 16.2. The van der Waals surface area contributed by atoms with Crippen molar-refractivity contribution in [1.29, 1.82) is 0 Å². The quantitative estimate of drug-likeness (QED) is 0.732. The molecule has 2 N–H and O–H groups in total. The van der Waals surface area contributed by atoms with E-state index in [1.165, 1.54) is 25.2 Å². The summed E-state index contributed by atoms with van der Waals surface area (Å²) in [5.41, 5.74) is 0.706. The van der Waals surface area contributed by atoms with Crippen LogP contribution < -0.4 is 10.6 Å². The molecule has 2 aromatic rings. The Morgan fingerprint density at radius 3 is 2.41 bits per heavy atom. The van der Waals surface area contributed by atoms with Crippen molar-refractivity contribution in [2.75, 3.05) is 19.0 Å². The SMILES string of the molecule is CNC(=O)c1cccc(NC(=O)COC(=O)C2(c3ccc(F)cc3)CCCC2)c1. The second-order valence-electron chi connectivity index (χ2n) is 7.08. The average molecular weight is 398 g/mol. The summed E-state index contributed by atoms with van der Waals surface area (Å²) in [5.74, 6) is -1.61. The molecule has 7 heteroatoms. The molecular formula is C22H23FN2O4. The van der Waals surface area contributed by atoms with E-state index >= 15 is 0 Å². The van der Waals surface area contributed by atoms with E-state index in [9.17, 15) is 18.8 Å². The molecule has 1 aliphatic carbocycles. The van der Waals surface area contributed by atoms with Crippen LogP contribution in [0.1, 0.15) is 41.6 Å². The lowest BCUT2D eigenvalue weighted by Gasteiger charge is -2.27. The largest absolute Gasteiger partial charge is 0.455 e. The number of ether oxygens (including phenoxy) is 1. The molecule has 152 valence electrons. The topological polar surface area (TPSA) is 84.5 Å². The van der Waals surface area contributed by atoms with Crippen molar-refractivity contribution in [3.8, 4) is 0 Å². The second kappa shape index (κ2) is 8.86. The molecule has 1 saturated carbocycles. The maximum absolute atomic E-state index is 13.3. The van der Waals surface area contributed by atoms with E-state index in [2.05, 4.69) is 10.6 Å². The standard InChI is InChI=1S/C22H23FN2O4/c1-24-20(27)15-5-4-6-18(13-15)25-19(26)14-29-21(28)22(11-2-3-12-22)16-7-9-17(23)10-8-16/h4-10,13H,2-3,11-12,14H2,1H3,(H,24,27)(H,25,26). The van der Waals surface area contributed by atoms with Gasteiger partial charge in [-0.15, -0.1) is 0 Å². The number of halogens is 1. The number of benzene rings is 2. The van der Waals surface area contributed by atoms with E-state index in [0.29, 0.717) is 29.7 Å². The first-order valence-electron chi connectivity index (χ1n) is 9.50. The van der Waals surface area contributed by atoms with Gasteiger partial charge in [0.2, 0.25) is 0 Å². The van der Waals surface area contributed by atoms with Crippen LogP contribution in [0.5, 0.6) is 0 Å². The molecule has 1 aliphatic rings. The number of carbonyl (C=O) groups is 3. The Morgan fingerprint density at radius 1 is 1.07 bits per heavy atom. The third-order valence-electron chi connectivity index (χ3n) is 5.21. The number of anilines is 1. The number of hydrogen-bond acceptors (Lipinski definition) is 4. The van der Waals surface area contributed by atoms with E-state index < -0.39 is 23.9 Å². The van der Waals surface area contributed by atoms with Gasteiger partial charge in [-0.3, -0.25) is 14.4 Å². The molecule has 0 saturated heterocycles. The van der Waals surface area contributed by atoms with Crippen LogP contribution in [0.25, 0.3) is 0 Å². The molecule has 0 aliphatic heterocycles. The van der Waals surface area contributed by atoms with Crippen LogP contribution in [0, 0.1) is 5.82 Å². The third-order valence-corrected chi connectivity index (χ3v) is 5.21. The van der Waals surface area contributed by atoms with Gasteiger partial charge in [-0.05, 0) is 48.7 Å². The fourth-order valence-corrected chi connectivity index (χ4v) is 3.71. The fourth-order valence-electron chi connectivity index (χ4n) is 3.71. The summed E-state index contributed by atoms with van der Waals surface area (Å²) in [6.45, 7) is -0.439. The summed E-state index contributed by atoms with van der Waals surface area (Å²) < 4.78 is 18.6. The highest BCUT2D eigenvalue weighted by atomic mass is 19.1. The van der Waals surface area contributed by atoms with E-state index in [0.717, 1.165) is 12.8 Å². The van der Waals surface area contributed by atoms with Crippen molar-refractivity contribution in [1.82, 2.24) is 5.32 Å². The normalized spacial score (nSPS) is 14.8. The number of rotatable bonds is 6. The summed E-state index contributed by atoms with van der Waals surface area (Å²) in [6.07, 6.45) is 2.94. The van der Waals surface area contributed by atoms with Gasteiger partial charge >= 0.3 is 5.97 Å². The van der Waals surface area contributed by atoms with E-state index in [-0.39, 0.29) is 11.7 Å².